The van der Waals surface area contributed by atoms with E-state index in [0.29, 0.717) is 6.42 Å². The van der Waals surface area contributed by atoms with Gasteiger partial charge in [0.15, 0.2) is 0 Å². The van der Waals surface area contributed by atoms with Crippen molar-refractivity contribution in [2.75, 3.05) is 0 Å². The Bertz CT molecular complexity index is 219. The number of nitrogens with two attached hydrogens (primary N) is 1. The van der Waals surface area contributed by atoms with Gasteiger partial charge in [-0.2, -0.15) is 0 Å². The molecular weight excluding hydrogens is 162 g/mol. The number of sulfonamides is 1. The summed E-state index contributed by atoms with van der Waals surface area (Å²) in [6, 6.07) is 0. The van der Waals surface area contributed by atoms with Gasteiger partial charge in [0, 0.05) is 0 Å². The monoisotopic (exact) mass is 177 g/mol. The minimum atomic E-state index is -3.40. The van der Waals surface area contributed by atoms with Crippen LogP contribution in [0.15, 0.2) is 12.7 Å². The summed E-state index contributed by atoms with van der Waals surface area (Å²) in [5, 5.41) is 4.51. The smallest absolute Gasteiger partial charge is 0.212 e. The Morgan fingerprint density at radius 3 is 2.09 bits per heavy atom. The largest absolute Gasteiger partial charge is 0.228 e. The molecule has 0 rings (SSSR count). The molecule has 1 atom stereocenters. The van der Waals surface area contributed by atoms with Gasteiger partial charge in [0.1, 0.15) is 0 Å². The van der Waals surface area contributed by atoms with E-state index in [9.17, 15) is 8.42 Å². The summed E-state index contributed by atoms with van der Waals surface area (Å²) < 4.78 is 21.8. The van der Waals surface area contributed by atoms with Gasteiger partial charge in [-0.1, -0.05) is 19.9 Å². The van der Waals surface area contributed by atoms with Crippen LogP contribution in [0, 0.1) is 5.92 Å². The fourth-order valence-electron chi connectivity index (χ4n) is 0.950. The molecule has 0 saturated carbocycles. The highest BCUT2D eigenvalue weighted by Gasteiger charge is 2.22. The zero-order chi connectivity index (χ0) is 9.07. The molecule has 0 aromatic heterocycles. The molecule has 66 valence electrons. The zero-order valence-electron chi connectivity index (χ0n) is 6.95. The summed E-state index contributed by atoms with van der Waals surface area (Å²) in [5.41, 5.74) is 0. The van der Waals surface area contributed by atoms with Crippen LogP contribution in [0.2, 0.25) is 0 Å². The van der Waals surface area contributed by atoms with Crippen LogP contribution in [0.4, 0.5) is 0 Å². The standard InChI is InChI=1S/C7H15NO2S/c1-4-5-7(6(2)3)11(8,9)10/h4,6-7H,1,5H2,2-3H3,(H2,8,9,10)/t7-/m0/s1. The number of rotatable bonds is 4. The maximum atomic E-state index is 10.9. The van der Waals surface area contributed by atoms with Crippen molar-refractivity contribution >= 4 is 10.0 Å². The molecule has 0 spiro atoms. The van der Waals surface area contributed by atoms with Crippen LogP contribution in [0.25, 0.3) is 0 Å². The lowest BCUT2D eigenvalue weighted by Crippen LogP contribution is -2.32. The van der Waals surface area contributed by atoms with Gasteiger partial charge in [-0.3, -0.25) is 0 Å². The Balaban J connectivity index is 4.48. The molecule has 0 bridgehead atoms. The highest BCUT2D eigenvalue weighted by Crippen LogP contribution is 2.13. The summed E-state index contributed by atoms with van der Waals surface area (Å²) >= 11 is 0. The van der Waals surface area contributed by atoms with Crippen molar-refractivity contribution in [2.45, 2.75) is 25.5 Å². The van der Waals surface area contributed by atoms with Crippen LogP contribution < -0.4 is 5.14 Å². The second-order valence-electron chi connectivity index (χ2n) is 2.90. The van der Waals surface area contributed by atoms with E-state index in [1.54, 1.807) is 6.08 Å². The van der Waals surface area contributed by atoms with Crippen LogP contribution in [-0.4, -0.2) is 13.7 Å². The number of hydrogen-bond acceptors (Lipinski definition) is 2. The maximum absolute atomic E-state index is 10.9. The van der Waals surface area contributed by atoms with Crippen molar-refractivity contribution in [3.8, 4) is 0 Å². The Morgan fingerprint density at radius 1 is 1.55 bits per heavy atom. The Labute approximate surface area is 68.3 Å². The lowest BCUT2D eigenvalue weighted by atomic mass is 10.1. The summed E-state index contributed by atoms with van der Waals surface area (Å²) in [4.78, 5) is 0. The van der Waals surface area contributed by atoms with Crippen molar-refractivity contribution in [3.63, 3.8) is 0 Å². The molecule has 0 aliphatic rings. The second-order valence-corrected chi connectivity index (χ2v) is 4.68. The van der Waals surface area contributed by atoms with Gasteiger partial charge in [-0.05, 0) is 12.3 Å². The minimum absolute atomic E-state index is 0.0444. The summed E-state index contributed by atoms with van der Waals surface area (Å²) in [7, 11) is -3.40. The lowest BCUT2D eigenvalue weighted by molar-refractivity contribution is 0.533. The van der Waals surface area contributed by atoms with Gasteiger partial charge in [0.05, 0.1) is 5.25 Å². The zero-order valence-corrected chi connectivity index (χ0v) is 7.76. The molecule has 0 fully saturated rings. The van der Waals surface area contributed by atoms with Crippen molar-refractivity contribution in [3.05, 3.63) is 12.7 Å². The van der Waals surface area contributed by atoms with E-state index in [1.165, 1.54) is 0 Å². The highest BCUT2D eigenvalue weighted by atomic mass is 32.2. The Kier molecular flexibility index (Phi) is 3.75. The Morgan fingerprint density at radius 2 is 2.00 bits per heavy atom. The molecule has 0 aromatic carbocycles. The molecule has 0 aliphatic carbocycles. The molecular formula is C7H15NO2S. The third-order valence-electron chi connectivity index (χ3n) is 1.56. The van der Waals surface area contributed by atoms with Crippen molar-refractivity contribution in [2.24, 2.45) is 11.1 Å². The maximum Gasteiger partial charge on any atom is 0.212 e. The van der Waals surface area contributed by atoms with Crippen molar-refractivity contribution in [1.82, 2.24) is 0 Å². The SMILES string of the molecule is C=CC[C@@H](C(C)C)S(N)(=O)=O. The molecule has 0 heterocycles. The Hall–Kier alpha value is -0.350. The molecule has 0 saturated heterocycles. The van der Waals surface area contributed by atoms with Crippen LogP contribution >= 0.6 is 0 Å². The number of primary sulfonamides is 1. The first kappa shape index (κ1) is 10.7. The van der Waals surface area contributed by atoms with E-state index in [1.807, 2.05) is 13.8 Å². The van der Waals surface area contributed by atoms with E-state index in [2.05, 4.69) is 6.58 Å². The third-order valence-corrected chi connectivity index (χ3v) is 3.15. The van der Waals surface area contributed by atoms with E-state index < -0.39 is 15.3 Å². The number of allylic oxidation sites excluding steroid dienone is 1. The molecule has 3 nitrogen and oxygen atoms in total. The summed E-state index contributed by atoms with van der Waals surface area (Å²) in [5.74, 6) is 0.0444. The van der Waals surface area contributed by atoms with E-state index in [4.69, 9.17) is 5.14 Å². The normalized spacial score (nSPS) is 14.9. The topological polar surface area (TPSA) is 60.2 Å². The molecule has 0 unspecified atom stereocenters. The van der Waals surface area contributed by atoms with Crippen LogP contribution in [-0.2, 0) is 10.0 Å². The van der Waals surface area contributed by atoms with Gasteiger partial charge in [-0.25, -0.2) is 13.6 Å². The predicted molar refractivity (Wildman–Crippen MR) is 46.5 cm³/mol. The first-order chi connectivity index (χ1) is 4.89. The first-order valence-electron chi connectivity index (χ1n) is 3.52. The van der Waals surface area contributed by atoms with E-state index in [0.717, 1.165) is 0 Å². The van der Waals surface area contributed by atoms with E-state index >= 15 is 0 Å². The molecule has 0 aliphatic heterocycles. The van der Waals surface area contributed by atoms with Gasteiger partial charge in [0.2, 0.25) is 10.0 Å². The minimum Gasteiger partial charge on any atom is -0.228 e. The highest BCUT2D eigenvalue weighted by molar-refractivity contribution is 7.89. The fraction of sp³-hybridized carbons (Fsp3) is 0.714. The van der Waals surface area contributed by atoms with Crippen LogP contribution in [0.5, 0.6) is 0 Å². The molecule has 0 radical (unpaired) electrons. The molecule has 0 amide bonds. The molecule has 4 heteroatoms. The van der Waals surface area contributed by atoms with Gasteiger partial charge < -0.3 is 0 Å². The van der Waals surface area contributed by atoms with Gasteiger partial charge in [0.25, 0.3) is 0 Å². The predicted octanol–water partition coefficient (Wildman–Crippen LogP) is 0.876. The average Bonchev–Trinajstić information content (AvgIpc) is 1.79. The molecule has 0 aromatic rings. The first-order valence-corrected chi connectivity index (χ1v) is 5.13. The number of hydrogen-bond donors (Lipinski definition) is 1. The third kappa shape index (κ3) is 3.53. The molecule has 11 heavy (non-hydrogen) atoms. The lowest BCUT2D eigenvalue weighted by Gasteiger charge is -2.15. The average molecular weight is 177 g/mol. The van der Waals surface area contributed by atoms with Gasteiger partial charge in [-0.15, -0.1) is 6.58 Å². The van der Waals surface area contributed by atoms with Crippen molar-refractivity contribution in [1.29, 1.82) is 0 Å². The fourth-order valence-corrected chi connectivity index (χ4v) is 2.11. The second kappa shape index (κ2) is 3.88. The van der Waals surface area contributed by atoms with E-state index in [-0.39, 0.29) is 5.92 Å². The summed E-state index contributed by atoms with van der Waals surface area (Å²) in [6.45, 7) is 7.14. The van der Waals surface area contributed by atoms with Gasteiger partial charge >= 0.3 is 0 Å². The van der Waals surface area contributed by atoms with Crippen LogP contribution in [0.1, 0.15) is 20.3 Å². The summed E-state index contributed by atoms with van der Waals surface area (Å²) in [6.07, 6.45) is 2.01. The molecule has 2 N–H and O–H groups in total. The van der Waals surface area contributed by atoms with Crippen LogP contribution in [0.3, 0.4) is 0 Å². The quantitative estimate of drug-likeness (QED) is 0.648. The van der Waals surface area contributed by atoms with Crippen molar-refractivity contribution < 1.29 is 8.42 Å².